The highest BCUT2D eigenvalue weighted by atomic mass is 35.5. The molecule has 2 aliphatic rings. The van der Waals surface area contributed by atoms with Crippen molar-refractivity contribution >= 4 is 44.6 Å². The predicted octanol–water partition coefficient (Wildman–Crippen LogP) is 4.34. The first kappa shape index (κ1) is 29.6. The molecule has 1 atom stereocenters. The van der Waals surface area contributed by atoms with Crippen molar-refractivity contribution in [2.45, 2.75) is 69.3 Å². The van der Waals surface area contributed by atoms with Gasteiger partial charge in [0.25, 0.3) is 0 Å². The van der Waals surface area contributed by atoms with E-state index in [1.54, 1.807) is 27.1 Å². The predicted molar refractivity (Wildman–Crippen MR) is 160 cm³/mol. The number of hydrogen-bond donors (Lipinski definition) is 3. The Morgan fingerprint density at radius 3 is 2.63 bits per heavy atom. The fourth-order valence-corrected chi connectivity index (χ4v) is 6.99. The molecule has 2 aromatic heterocycles. The molecule has 1 aromatic carbocycles. The van der Waals surface area contributed by atoms with Gasteiger partial charge >= 0.3 is 0 Å². The fourth-order valence-electron chi connectivity index (χ4n) is 5.75. The van der Waals surface area contributed by atoms with E-state index in [0.29, 0.717) is 11.9 Å². The van der Waals surface area contributed by atoms with Crippen LogP contribution in [-0.4, -0.2) is 75.8 Å². The number of sulfone groups is 1. The molecule has 3 aromatic rings. The largest absolute Gasteiger partial charge is 0.488 e. The zero-order valence-electron chi connectivity index (χ0n) is 24.1. The second-order valence-electron chi connectivity index (χ2n) is 11.2. The van der Waals surface area contributed by atoms with Crippen LogP contribution in [0.5, 0.6) is 5.75 Å². The van der Waals surface area contributed by atoms with Crippen molar-refractivity contribution in [3.8, 4) is 5.75 Å². The maximum atomic E-state index is 12.9. The number of aliphatic hydroxyl groups excluding tert-OH is 1. The lowest BCUT2D eigenvalue weighted by Crippen LogP contribution is -2.35. The standard InChI is InChI=1S/C28H38ClN7O4S/c1-16(2)41(38,39)27-23(15-35(5)34-27)31-26-21(29)14-30-28(33-26)32-22-12-17(3)24(20-13-18(4)40-25(20)22)19-6-8-36(9-7-19)10-11-37/h12,14-16,18-19,37H,6-11,13H2,1-5H3,(H2,30,31,32,33). The Morgan fingerprint density at radius 2 is 1.95 bits per heavy atom. The van der Waals surface area contributed by atoms with Gasteiger partial charge in [-0.15, -0.1) is 0 Å². The Bertz CT molecular complexity index is 1530. The van der Waals surface area contributed by atoms with Gasteiger partial charge in [-0.1, -0.05) is 11.6 Å². The summed E-state index contributed by atoms with van der Waals surface area (Å²) in [5.41, 5.74) is 4.85. The van der Waals surface area contributed by atoms with E-state index in [4.69, 9.17) is 16.3 Å². The summed E-state index contributed by atoms with van der Waals surface area (Å²) in [6.07, 6.45) is 6.03. The number of aromatic nitrogens is 4. The van der Waals surface area contributed by atoms with Crippen molar-refractivity contribution in [1.29, 1.82) is 0 Å². The van der Waals surface area contributed by atoms with Gasteiger partial charge in [0.05, 0.1) is 29.4 Å². The lowest BCUT2D eigenvalue weighted by molar-refractivity contribution is 0.164. The summed E-state index contributed by atoms with van der Waals surface area (Å²) in [6.45, 7) is 10.3. The molecule has 0 amide bonds. The zero-order chi connectivity index (χ0) is 29.5. The third-order valence-corrected chi connectivity index (χ3v) is 10.1. The SMILES string of the molecule is Cc1cc(Nc2ncc(Cl)c(Nc3cn(C)nc3S(=O)(=O)C(C)C)n2)c2c(c1C1CCN(CCO)CC1)CC(C)O2. The quantitative estimate of drug-likeness (QED) is 0.324. The third-order valence-electron chi connectivity index (χ3n) is 7.78. The van der Waals surface area contributed by atoms with Crippen LogP contribution in [0.2, 0.25) is 5.02 Å². The van der Waals surface area contributed by atoms with Crippen LogP contribution in [0.4, 0.5) is 23.1 Å². The Labute approximate surface area is 246 Å². The molecule has 0 spiro atoms. The maximum Gasteiger partial charge on any atom is 0.229 e. The molecule has 11 nitrogen and oxygen atoms in total. The number of halogens is 1. The van der Waals surface area contributed by atoms with Crippen molar-refractivity contribution in [3.05, 3.63) is 40.2 Å². The van der Waals surface area contributed by atoms with Gasteiger partial charge in [0.2, 0.25) is 20.8 Å². The third kappa shape index (κ3) is 6.01. The van der Waals surface area contributed by atoms with Crippen molar-refractivity contribution < 1.29 is 18.3 Å². The Kier molecular flexibility index (Phi) is 8.47. The summed E-state index contributed by atoms with van der Waals surface area (Å²) < 4.78 is 33.5. The first-order valence-corrected chi connectivity index (χ1v) is 15.9. The van der Waals surface area contributed by atoms with Gasteiger partial charge in [-0.3, -0.25) is 4.68 Å². The van der Waals surface area contributed by atoms with Gasteiger partial charge in [0.1, 0.15) is 16.9 Å². The number of fused-ring (bicyclic) bond motifs is 1. The van der Waals surface area contributed by atoms with Crippen LogP contribution >= 0.6 is 11.6 Å². The number of piperidine rings is 1. The summed E-state index contributed by atoms with van der Waals surface area (Å²) in [5.74, 6) is 1.82. The monoisotopic (exact) mass is 603 g/mol. The van der Waals surface area contributed by atoms with E-state index in [-0.39, 0.29) is 34.3 Å². The highest BCUT2D eigenvalue weighted by Gasteiger charge is 2.32. The first-order valence-electron chi connectivity index (χ1n) is 14.0. The molecule has 3 N–H and O–H groups in total. The molecule has 0 bridgehead atoms. The van der Waals surface area contributed by atoms with Gasteiger partial charge in [0.15, 0.2) is 5.82 Å². The number of aliphatic hydroxyl groups is 1. The Hall–Kier alpha value is -2.93. The van der Waals surface area contributed by atoms with Crippen LogP contribution in [-0.2, 0) is 23.3 Å². The second-order valence-corrected chi connectivity index (χ2v) is 14.0. The minimum atomic E-state index is -3.64. The van der Waals surface area contributed by atoms with Crippen molar-refractivity contribution in [3.63, 3.8) is 0 Å². The van der Waals surface area contributed by atoms with Crippen LogP contribution in [0.3, 0.4) is 0 Å². The van der Waals surface area contributed by atoms with Crippen LogP contribution in [0.25, 0.3) is 0 Å². The molecule has 41 heavy (non-hydrogen) atoms. The topological polar surface area (TPSA) is 134 Å². The Morgan fingerprint density at radius 1 is 1.22 bits per heavy atom. The summed E-state index contributed by atoms with van der Waals surface area (Å²) in [7, 11) is -1.98. The number of likely N-dealkylation sites (tertiary alicyclic amines) is 1. The number of ether oxygens (including phenoxy) is 1. The Balaban J connectivity index is 1.43. The van der Waals surface area contributed by atoms with E-state index >= 15 is 0 Å². The van der Waals surface area contributed by atoms with Gasteiger partial charge in [-0.25, -0.2) is 13.4 Å². The molecule has 0 aliphatic carbocycles. The van der Waals surface area contributed by atoms with E-state index in [1.165, 1.54) is 27.6 Å². The molecule has 5 rings (SSSR count). The normalized spacial score (nSPS) is 18.0. The highest BCUT2D eigenvalue weighted by molar-refractivity contribution is 7.92. The number of anilines is 4. The van der Waals surface area contributed by atoms with Gasteiger partial charge in [0, 0.05) is 31.8 Å². The van der Waals surface area contributed by atoms with E-state index in [1.807, 2.05) is 0 Å². The molecule has 1 saturated heterocycles. The first-order chi connectivity index (χ1) is 19.5. The van der Waals surface area contributed by atoms with E-state index in [2.05, 4.69) is 50.5 Å². The van der Waals surface area contributed by atoms with Gasteiger partial charge < -0.3 is 25.4 Å². The minimum absolute atomic E-state index is 0.0517. The number of nitrogens with one attached hydrogen (secondary N) is 2. The van der Waals surface area contributed by atoms with Crippen LogP contribution in [0.1, 0.15) is 56.2 Å². The van der Waals surface area contributed by atoms with Crippen LogP contribution in [0, 0.1) is 6.92 Å². The molecule has 222 valence electrons. The average molecular weight is 604 g/mol. The van der Waals surface area contributed by atoms with Crippen LogP contribution in [0.15, 0.2) is 23.5 Å². The minimum Gasteiger partial charge on any atom is -0.488 e. The number of nitrogens with zero attached hydrogens (tertiary/aromatic N) is 5. The number of benzene rings is 1. The summed E-state index contributed by atoms with van der Waals surface area (Å²) in [4.78, 5) is 11.3. The van der Waals surface area contributed by atoms with E-state index in [0.717, 1.165) is 50.3 Å². The average Bonchev–Trinajstić information content (AvgIpc) is 3.49. The lowest BCUT2D eigenvalue weighted by atomic mass is 9.82. The van der Waals surface area contributed by atoms with E-state index < -0.39 is 15.1 Å². The van der Waals surface area contributed by atoms with Gasteiger partial charge in [-0.05, 0) is 76.7 Å². The summed E-state index contributed by atoms with van der Waals surface area (Å²) >= 11 is 6.43. The number of aryl methyl sites for hydroxylation is 2. The lowest BCUT2D eigenvalue weighted by Gasteiger charge is -2.33. The molecular weight excluding hydrogens is 566 g/mol. The summed E-state index contributed by atoms with van der Waals surface area (Å²) in [5, 5.41) is 19.4. The maximum absolute atomic E-state index is 12.9. The van der Waals surface area contributed by atoms with Crippen molar-refractivity contribution in [2.75, 3.05) is 36.9 Å². The van der Waals surface area contributed by atoms with Gasteiger partial charge in [-0.2, -0.15) is 10.1 Å². The molecule has 1 unspecified atom stereocenters. The number of β-amino-alcohol motifs (C(OH)–C–C–N with tert-alkyl or cyclic N) is 1. The molecule has 0 radical (unpaired) electrons. The number of rotatable bonds is 9. The molecule has 0 saturated carbocycles. The van der Waals surface area contributed by atoms with Crippen LogP contribution < -0.4 is 15.4 Å². The van der Waals surface area contributed by atoms with E-state index in [9.17, 15) is 13.5 Å². The second kappa shape index (κ2) is 11.7. The van der Waals surface area contributed by atoms with Crippen molar-refractivity contribution in [2.24, 2.45) is 7.05 Å². The number of hydrogen-bond acceptors (Lipinski definition) is 10. The smallest absolute Gasteiger partial charge is 0.229 e. The molecule has 1 fully saturated rings. The fraction of sp³-hybridized carbons (Fsp3) is 0.536. The molecule has 13 heteroatoms. The molecule has 4 heterocycles. The summed E-state index contributed by atoms with van der Waals surface area (Å²) in [6, 6.07) is 2.09. The highest BCUT2D eigenvalue weighted by Crippen LogP contribution is 2.46. The zero-order valence-corrected chi connectivity index (χ0v) is 25.7. The molecular formula is C28H38ClN7O4S. The van der Waals surface area contributed by atoms with Crippen molar-refractivity contribution in [1.82, 2.24) is 24.6 Å². The molecule has 2 aliphatic heterocycles.